The maximum atomic E-state index is 12.2. The Hall–Kier alpha value is -3.46. The van der Waals surface area contributed by atoms with Crippen LogP contribution in [0.1, 0.15) is 16.8 Å². The molecular weight excluding hydrogens is 352 g/mol. The van der Waals surface area contributed by atoms with Crippen LogP contribution in [0.25, 0.3) is 0 Å². The summed E-state index contributed by atoms with van der Waals surface area (Å²) in [6.45, 7) is 0.894. The molecule has 0 spiro atoms. The van der Waals surface area contributed by atoms with Crippen molar-refractivity contribution in [2.45, 2.75) is 13.5 Å². The highest BCUT2D eigenvalue weighted by molar-refractivity contribution is 6.02. The Morgan fingerprint density at radius 2 is 2.22 bits per heavy atom. The van der Waals surface area contributed by atoms with Crippen LogP contribution in [0, 0.1) is 6.92 Å². The van der Waals surface area contributed by atoms with Crippen molar-refractivity contribution >= 4 is 23.7 Å². The van der Waals surface area contributed by atoms with Crippen molar-refractivity contribution in [3.05, 3.63) is 47.3 Å². The number of nitrogens with one attached hydrogen (secondary N) is 1. The number of hydrogen-bond acceptors (Lipinski definition) is 7. The summed E-state index contributed by atoms with van der Waals surface area (Å²) in [5.41, 5.74) is 3.82. The molecule has 2 heterocycles. The Morgan fingerprint density at radius 1 is 1.44 bits per heavy atom. The number of aromatic nitrogens is 1. The number of aliphatic hydroxyl groups excluding tert-OH is 1. The number of rotatable bonds is 5. The lowest BCUT2D eigenvalue weighted by Gasteiger charge is -2.28. The number of aliphatic hydroxyl groups is 1. The molecule has 140 valence electrons. The molecule has 3 rings (SSSR count). The second-order valence-electron chi connectivity index (χ2n) is 5.82. The third-order valence-corrected chi connectivity index (χ3v) is 4.02. The molecule has 1 aliphatic heterocycles. The molecule has 9 nitrogen and oxygen atoms in total. The van der Waals surface area contributed by atoms with Crippen molar-refractivity contribution in [2.24, 2.45) is 5.10 Å². The number of ether oxygens (including phenoxy) is 1. The highest BCUT2D eigenvalue weighted by Gasteiger charge is 2.26. The quantitative estimate of drug-likeness (QED) is 0.519. The van der Waals surface area contributed by atoms with Crippen LogP contribution in [-0.2, 0) is 16.2 Å². The van der Waals surface area contributed by atoms with Gasteiger partial charge in [-0.15, -0.1) is 0 Å². The number of amides is 2. The number of hydrazone groups is 1. The summed E-state index contributed by atoms with van der Waals surface area (Å²) in [4.78, 5) is 29.5. The number of fused-ring (bicyclic) bond motifs is 1. The number of aryl methyl sites for hydroxylation is 1. The lowest BCUT2D eigenvalue weighted by atomic mass is 10.1. The second-order valence-corrected chi connectivity index (χ2v) is 5.82. The van der Waals surface area contributed by atoms with Gasteiger partial charge in [0.25, 0.3) is 11.8 Å². The number of nitrogens with zero attached hydrogens (tertiary/aromatic N) is 3. The Morgan fingerprint density at radius 3 is 3.00 bits per heavy atom. The van der Waals surface area contributed by atoms with Crippen LogP contribution in [0.4, 0.5) is 5.69 Å². The highest BCUT2D eigenvalue weighted by atomic mass is 16.5. The summed E-state index contributed by atoms with van der Waals surface area (Å²) < 4.78 is 5.33. The van der Waals surface area contributed by atoms with Gasteiger partial charge < -0.3 is 14.9 Å². The van der Waals surface area contributed by atoms with E-state index in [0.29, 0.717) is 22.7 Å². The fraction of sp³-hybridized carbons (Fsp3) is 0.222. The topological polar surface area (TPSA) is 124 Å². The van der Waals surface area contributed by atoms with Gasteiger partial charge in [-0.1, -0.05) is 12.1 Å². The van der Waals surface area contributed by atoms with Crippen molar-refractivity contribution in [1.29, 1.82) is 0 Å². The minimum Gasteiger partial charge on any atom is -0.505 e. The van der Waals surface area contributed by atoms with Crippen LogP contribution >= 0.6 is 0 Å². The van der Waals surface area contributed by atoms with Gasteiger partial charge in [-0.3, -0.25) is 19.5 Å². The van der Waals surface area contributed by atoms with Gasteiger partial charge in [0.2, 0.25) is 0 Å². The normalized spacial score (nSPS) is 13.4. The van der Waals surface area contributed by atoms with Crippen LogP contribution in [0.3, 0.4) is 0 Å². The Kier molecular flexibility index (Phi) is 5.32. The van der Waals surface area contributed by atoms with Crippen LogP contribution in [0.5, 0.6) is 11.5 Å². The SMILES string of the molecule is Cc1ncc(CO)c(/C=N/NC(=O)CN2C(=O)COc3ccccc32)c1O. The smallest absolute Gasteiger partial charge is 0.265 e. The van der Waals surface area contributed by atoms with Crippen LogP contribution < -0.4 is 15.1 Å². The molecule has 0 fully saturated rings. The van der Waals surface area contributed by atoms with E-state index in [1.54, 1.807) is 31.2 Å². The molecule has 27 heavy (non-hydrogen) atoms. The summed E-state index contributed by atoms with van der Waals surface area (Å²) >= 11 is 0. The summed E-state index contributed by atoms with van der Waals surface area (Å²) in [5, 5.41) is 23.2. The van der Waals surface area contributed by atoms with E-state index < -0.39 is 5.91 Å². The molecular formula is C18H18N4O5. The average molecular weight is 370 g/mol. The van der Waals surface area contributed by atoms with E-state index in [0.717, 1.165) is 0 Å². The molecule has 0 saturated carbocycles. The maximum absolute atomic E-state index is 12.2. The zero-order valence-electron chi connectivity index (χ0n) is 14.5. The molecule has 0 unspecified atom stereocenters. The van der Waals surface area contributed by atoms with Gasteiger partial charge >= 0.3 is 0 Å². The number of benzene rings is 1. The molecule has 0 radical (unpaired) electrons. The van der Waals surface area contributed by atoms with Gasteiger partial charge in [-0.2, -0.15) is 5.10 Å². The largest absolute Gasteiger partial charge is 0.505 e. The molecule has 1 aromatic carbocycles. The predicted octanol–water partition coefficient (Wildman–Crippen LogP) is 0.464. The van der Waals surface area contributed by atoms with Crippen molar-refractivity contribution in [3.63, 3.8) is 0 Å². The van der Waals surface area contributed by atoms with Gasteiger partial charge in [0.05, 0.1) is 24.2 Å². The van der Waals surface area contributed by atoms with Gasteiger partial charge in [0.1, 0.15) is 18.0 Å². The number of aromatic hydroxyl groups is 1. The zero-order chi connectivity index (χ0) is 19.4. The molecule has 1 aliphatic rings. The average Bonchev–Trinajstić information content (AvgIpc) is 2.67. The fourth-order valence-electron chi connectivity index (χ4n) is 2.60. The fourth-order valence-corrected chi connectivity index (χ4v) is 2.60. The van der Waals surface area contributed by atoms with Gasteiger partial charge in [0.15, 0.2) is 6.61 Å². The number of hydrogen-bond donors (Lipinski definition) is 3. The first-order valence-electron chi connectivity index (χ1n) is 8.13. The van der Waals surface area contributed by atoms with E-state index in [2.05, 4.69) is 15.5 Å². The van der Waals surface area contributed by atoms with E-state index in [1.165, 1.54) is 17.3 Å². The van der Waals surface area contributed by atoms with E-state index in [9.17, 15) is 19.8 Å². The predicted molar refractivity (Wildman–Crippen MR) is 96.6 cm³/mol. The zero-order valence-corrected chi connectivity index (χ0v) is 14.5. The van der Waals surface area contributed by atoms with Crippen molar-refractivity contribution in [2.75, 3.05) is 18.1 Å². The number of anilines is 1. The van der Waals surface area contributed by atoms with E-state index in [4.69, 9.17) is 4.74 Å². The summed E-state index contributed by atoms with van der Waals surface area (Å²) in [5.74, 6) is -0.458. The number of carbonyl (C=O) groups excluding carboxylic acids is 2. The van der Waals surface area contributed by atoms with Crippen LogP contribution in [0.2, 0.25) is 0 Å². The molecule has 3 N–H and O–H groups in total. The monoisotopic (exact) mass is 370 g/mol. The lowest BCUT2D eigenvalue weighted by molar-refractivity contribution is -0.125. The van der Waals surface area contributed by atoms with Gasteiger partial charge in [-0.05, 0) is 19.1 Å². The van der Waals surface area contributed by atoms with E-state index >= 15 is 0 Å². The molecule has 0 bridgehead atoms. The van der Waals surface area contributed by atoms with Crippen molar-refractivity contribution < 1.29 is 24.5 Å². The minimum atomic E-state index is -0.521. The second kappa shape index (κ2) is 7.83. The van der Waals surface area contributed by atoms with Crippen molar-refractivity contribution in [3.8, 4) is 11.5 Å². The Bertz CT molecular complexity index is 913. The third kappa shape index (κ3) is 3.87. The highest BCUT2D eigenvalue weighted by Crippen LogP contribution is 2.31. The molecule has 1 aromatic heterocycles. The van der Waals surface area contributed by atoms with Crippen LogP contribution in [0.15, 0.2) is 35.6 Å². The Labute approximate surface area is 154 Å². The summed E-state index contributed by atoms with van der Waals surface area (Å²) in [6, 6.07) is 6.93. The molecule has 2 aromatic rings. The molecule has 0 atom stereocenters. The Balaban J connectivity index is 1.70. The number of para-hydroxylation sites is 2. The first kappa shape index (κ1) is 18.3. The molecule has 0 saturated heterocycles. The van der Waals surface area contributed by atoms with Crippen LogP contribution in [-0.4, -0.2) is 46.4 Å². The minimum absolute atomic E-state index is 0.128. The lowest BCUT2D eigenvalue weighted by Crippen LogP contribution is -2.44. The van der Waals surface area contributed by atoms with Gasteiger partial charge in [-0.25, -0.2) is 5.43 Å². The molecule has 0 aliphatic carbocycles. The van der Waals surface area contributed by atoms with Gasteiger partial charge in [0, 0.05) is 17.3 Å². The van der Waals surface area contributed by atoms with E-state index in [-0.39, 0.29) is 37.0 Å². The maximum Gasteiger partial charge on any atom is 0.265 e. The first-order chi connectivity index (χ1) is 13.0. The first-order valence-corrected chi connectivity index (χ1v) is 8.13. The van der Waals surface area contributed by atoms with Crippen molar-refractivity contribution in [1.82, 2.24) is 10.4 Å². The summed E-state index contributed by atoms with van der Waals surface area (Å²) in [6.07, 6.45) is 2.64. The standard InChI is InChI=1S/C18H18N4O5/c1-11-18(26)13(12(9-23)6-19-11)7-20-21-16(24)8-22-14-4-2-3-5-15(14)27-10-17(22)25/h2-7,23,26H,8-10H2,1H3,(H,21,24)/b20-7+. The number of carbonyl (C=O) groups is 2. The summed E-state index contributed by atoms with van der Waals surface area (Å²) in [7, 11) is 0. The molecule has 9 heteroatoms. The molecule has 2 amide bonds. The third-order valence-electron chi connectivity index (χ3n) is 4.02. The number of pyridine rings is 1. The van der Waals surface area contributed by atoms with E-state index in [1.807, 2.05) is 0 Å².